The molecule has 0 amide bonds. The predicted octanol–water partition coefficient (Wildman–Crippen LogP) is 1.29. The first kappa shape index (κ1) is 13.7. The number of aromatic nitrogens is 1. The summed E-state index contributed by atoms with van der Waals surface area (Å²) in [7, 11) is -2.94. The van der Waals surface area contributed by atoms with Gasteiger partial charge in [0.05, 0.1) is 16.4 Å². The zero-order valence-corrected chi connectivity index (χ0v) is 11.3. The van der Waals surface area contributed by atoms with Crippen molar-refractivity contribution in [3.63, 3.8) is 0 Å². The van der Waals surface area contributed by atoms with Gasteiger partial charge in [-0.05, 0) is 25.8 Å². The highest BCUT2D eigenvalue weighted by molar-refractivity contribution is 7.91. The minimum atomic E-state index is -2.94. The summed E-state index contributed by atoms with van der Waals surface area (Å²) in [6.07, 6.45) is 0.907. The lowest BCUT2D eigenvalue weighted by Crippen LogP contribution is -2.32. The fraction of sp³-hybridized carbons (Fsp3) is 0.545. The Labute approximate surface area is 111 Å². The van der Waals surface area contributed by atoms with Gasteiger partial charge in [0, 0.05) is 17.8 Å². The zero-order chi connectivity index (χ0) is 14.0. The summed E-state index contributed by atoms with van der Waals surface area (Å²) in [5.74, 6) is 0.448. The molecule has 104 valence electrons. The molecule has 0 saturated carbocycles. The fourth-order valence-corrected chi connectivity index (χ4v) is 3.52. The lowest BCUT2D eigenvalue weighted by atomic mass is 10.1. The van der Waals surface area contributed by atoms with Crippen molar-refractivity contribution in [2.75, 3.05) is 16.8 Å². The van der Waals surface area contributed by atoms with Crippen molar-refractivity contribution in [1.82, 2.24) is 4.98 Å². The number of nitrogens with one attached hydrogen (secondary N) is 1. The Balaban J connectivity index is 2.15. The molecule has 0 unspecified atom stereocenters. The van der Waals surface area contributed by atoms with Crippen molar-refractivity contribution in [1.29, 1.82) is 0 Å². The van der Waals surface area contributed by atoms with Crippen LogP contribution in [0.4, 0.5) is 11.5 Å². The molecule has 8 heteroatoms. The summed E-state index contributed by atoms with van der Waals surface area (Å²) < 4.78 is 22.7. The molecule has 0 aliphatic carbocycles. The largest absolute Gasteiger partial charge is 0.362 e. The van der Waals surface area contributed by atoms with E-state index < -0.39 is 14.8 Å². The van der Waals surface area contributed by atoms with Crippen molar-refractivity contribution in [2.45, 2.75) is 25.8 Å². The van der Waals surface area contributed by atoms with E-state index in [0.717, 1.165) is 0 Å². The van der Waals surface area contributed by atoms with Gasteiger partial charge in [-0.2, -0.15) is 0 Å². The normalized spacial score (nSPS) is 19.0. The highest BCUT2D eigenvalue weighted by Crippen LogP contribution is 2.25. The molecule has 1 aromatic rings. The van der Waals surface area contributed by atoms with E-state index in [1.165, 1.54) is 6.07 Å². The van der Waals surface area contributed by atoms with Crippen molar-refractivity contribution in [3.8, 4) is 0 Å². The molecule has 1 N–H and O–H groups in total. The summed E-state index contributed by atoms with van der Waals surface area (Å²) >= 11 is 0. The van der Waals surface area contributed by atoms with E-state index in [9.17, 15) is 18.5 Å². The Hall–Kier alpha value is -1.70. The van der Waals surface area contributed by atoms with Gasteiger partial charge < -0.3 is 5.32 Å². The second-order valence-corrected chi connectivity index (χ2v) is 6.95. The number of aryl methyl sites for hydroxylation is 1. The Bertz CT molecular complexity index is 586. The third-order valence-electron chi connectivity index (χ3n) is 3.11. The van der Waals surface area contributed by atoms with Crippen LogP contribution >= 0.6 is 0 Å². The summed E-state index contributed by atoms with van der Waals surface area (Å²) in [5, 5.41) is 13.9. The van der Waals surface area contributed by atoms with Gasteiger partial charge in [0.15, 0.2) is 0 Å². The molecule has 0 atom stereocenters. The third-order valence-corrected chi connectivity index (χ3v) is 4.82. The van der Waals surface area contributed by atoms with Crippen LogP contribution in [0.3, 0.4) is 0 Å². The second-order valence-electron chi connectivity index (χ2n) is 4.65. The summed E-state index contributed by atoms with van der Waals surface area (Å²) in [5.41, 5.74) is 0.593. The number of pyridine rings is 1. The molecule has 0 aromatic carbocycles. The zero-order valence-electron chi connectivity index (χ0n) is 10.5. The topological polar surface area (TPSA) is 102 Å². The molecule has 2 heterocycles. The van der Waals surface area contributed by atoms with Crippen molar-refractivity contribution in [3.05, 3.63) is 27.9 Å². The van der Waals surface area contributed by atoms with Crippen LogP contribution in [0.15, 0.2) is 12.1 Å². The van der Waals surface area contributed by atoms with Gasteiger partial charge in [-0.15, -0.1) is 0 Å². The van der Waals surface area contributed by atoms with Crippen molar-refractivity contribution in [2.24, 2.45) is 0 Å². The number of rotatable bonds is 3. The summed E-state index contributed by atoms with van der Waals surface area (Å²) in [6.45, 7) is 1.75. The van der Waals surface area contributed by atoms with Gasteiger partial charge in [0.1, 0.15) is 9.84 Å². The van der Waals surface area contributed by atoms with Crippen molar-refractivity contribution < 1.29 is 13.3 Å². The van der Waals surface area contributed by atoms with E-state index in [4.69, 9.17) is 0 Å². The monoisotopic (exact) mass is 285 g/mol. The Morgan fingerprint density at radius 1 is 1.37 bits per heavy atom. The predicted molar refractivity (Wildman–Crippen MR) is 70.9 cm³/mol. The van der Waals surface area contributed by atoms with Gasteiger partial charge in [-0.25, -0.2) is 13.4 Å². The first-order valence-corrected chi connectivity index (χ1v) is 7.78. The van der Waals surface area contributed by atoms with E-state index in [-0.39, 0.29) is 29.1 Å². The molecule has 0 spiro atoms. The van der Waals surface area contributed by atoms with Crippen LogP contribution in [-0.4, -0.2) is 35.9 Å². The van der Waals surface area contributed by atoms with E-state index in [2.05, 4.69) is 10.3 Å². The first-order chi connectivity index (χ1) is 8.87. The Morgan fingerprint density at radius 3 is 2.58 bits per heavy atom. The third kappa shape index (κ3) is 3.40. The highest BCUT2D eigenvalue weighted by Gasteiger charge is 2.26. The molecule has 1 aliphatic heterocycles. The highest BCUT2D eigenvalue weighted by atomic mass is 32.2. The molecule has 0 bridgehead atoms. The minimum Gasteiger partial charge on any atom is -0.362 e. The molecule has 7 nitrogen and oxygen atoms in total. The van der Waals surface area contributed by atoms with Crippen LogP contribution in [0, 0.1) is 17.0 Å². The minimum absolute atomic E-state index is 0.0842. The molecule has 1 fully saturated rings. The van der Waals surface area contributed by atoms with Gasteiger partial charge in [0.25, 0.3) is 0 Å². The number of hydrogen-bond acceptors (Lipinski definition) is 6. The number of sulfone groups is 1. The lowest BCUT2D eigenvalue weighted by Gasteiger charge is -2.23. The number of nitrogens with zero attached hydrogens (tertiary/aromatic N) is 2. The van der Waals surface area contributed by atoms with E-state index in [0.29, 0.717) is 18.5 Å². The van der Waals surface area contributed by atoms with Crippen LogP contribution in [0.25, 0.3) is 0 Å². The van der Waals surface area contributed by atoms with Gasteiger partial charge in [-0.3, -0.25) is 10.1 Å². The molecule has 19 heavy (non-hydrogen) atoms. The average molecular weight is 285 g/mol. The smallest absolute Gasteiger partial charge is 0.311 e. The van der Waals surface area contributed by atoms with E-state index in [1.54, 1.807) is 13.0 Å². The van der Waals surface area contributed by atoms with Crippen LogP contribution in [0.1, 0.15) is 18.5 Å². The van der Waals surface area contributed by atoms with Gasteiger partial charge in [-0.1, -0.05) is 0 Å². The maximum Gasteiger partial charge on any atom is 0.311 e. The molecule has 1 aromatic heterocycles. The summed E-state index contributed by atoms with van der Waals surface area (Å²) in [4.78, 5) is 14.5. The maximum absolute atomic E-state index is 11.3. The average Bonchev–Trinajstić information content (AvgIpc) is 2.31. The molecular weight excluding hydrogens is 270 g/mol. The van der Waals surface area contributed by atoms with Crippen LogP contribution in [0.2, 0.25) is 0 Å². The second kappa shape index (κ2) is 5.12. The molecule has 1 saturated heterocycles. The fourth-order valence-electron chi connectivity index (χ4n) is 2.03. The molecular formula is C11H15N3O4S. The van der Waals surface area contributed by atoms with Crippen LogP contribution in [-0.2, 0) is 9.84 Å². The van der Waals surface area contributed by atoms with E-state index >= 15 is 0 Å². The maximum atomic E-state index is 11.3. The van der Waals surface area contributed by atoms with E-state index in [1.807, 2.05) is 0 Å². The summed E-state index contributed by atoms with van der Waals surface area (Å²) in [6, 6.07) is 2.90. The molecule has 0 radical (unpaired) electrons. The first-order valence-electron chi connectivity index (χ1n) is 5.96. The lowest BCUT2D eigenvalue weighted by molar-refractivity contribution is -0.384. The quantitative estimate of drug-likeness (QED) is 0.663. The van der Waals surface area contributed by atoms with Crippen LogP contribution < -0.4 is 5.32 Å². The SMILES string of the molecule is Cc1ccc([N+](=O)[O-])c(NC2CCS(=O)(=O)CC2)n1. The molecule has 1 aliphatic rings. The van der Waals surface area contributed by atoms with Gasteiger partial charge in [0.2, 0.25) is 5.82 Å². The number of nitro groups is 1. The van der Waals surface area contributed by atoms with Crippen LogP contribution in [0.5, 0.6) is 0 Å². The Kier molecular flexibility index (Phi) is 3.70. The Morgan fingerprint density at radius 2 is 2.00 bits per heavy atom. The molecule has 2 rings (SSSR count). The standard InChI is InChI=1S/C11H15N3O4S/c1-8-2-3-10(14(15)16)11(12-8)13-9-4-6-19(17,18)7-5-9/h2-3,9H,4-7H2,1H3,(H,12,13). The number of hydrogen-bond donors (Lipinski definition) is 1. The van der Waals surface area contributed by atoms with Gasteiger partial charge >= 0.3 is 5.69 Å². The number of anilines is 1. The van der Waals surface area contributed by atoms with Crippen molar-refractivity contribution >= 4 is 21.3 Å².